The van der Waals surface area contributed by atoms with Gasteiger partial charge in [0.05, 0.1) is 11.9 Å². The van der Waals surface area contributed by atoms with Crippen molar-refractivity contribution in [2.75, 3.05) is 5.73 Å². The van der Waals surface area contributed by atoms with Gasteiger partial charge in [-0.05, 0) is 42.5 Å². The Morgan fingerprint density at radius 1 is 1.19 bits per heavy atom. The van der Waals surface area contributed by atoms with E-state index in [1.165, 1.54) is 18.5 Å². The summed E-state index contributed by atoms with van der Waals surface area (Å²) in [4.78, 5) is 46.0. The largest absolute Gasteiger partial charge is 0.481 e. The van der Waals surface area contributed by atoms with Crippen LogP contribution in [0.5, 0.6) is 0 Å². The molecule has 1 amide bonds. The van der Waals surface area contributed by atoms with Gasteiger partial charge in [0.25, 0.3) is 5.91 Å². The number of nitrogens with two attached hydrogens (primary N) is 1. The number of aryl methyl sites for hydroxylation is 1. The molecule has 0 radical (unpaired) electrons. The number of benzene rings is 1. The van der Waals surface area contributed by atoms with Crippen LogP contribution in [0.25, 0.3) is 11.4 Å². The molecule has 2 aliphatic heterocycles. The molecule has 0 saturated carbocycles. The van der Waals surface area contributed by atoms with Crippen LogP contribution in [0, 0.1) is 0 Å². The Morgan fingerprint density at radius 3 is 2.68 bits per heavy atom. The lowest BCUT2D eigenvalue weighted by atomic mass is 9.99. The van der Waals surface area contributed by atoms with Crippen molar-refractivity contribution in [3.63, 3.8) is 0 Å². The highest BCUT2D eigenvalue weighted by Crippen LogP contribution is 2.29. The van der Waals surface area contributed by atoms with Gasteiger partial charge in [-0.3, -0.25) is 9.59 Å². The molecule has 1 aromatic carbocycles. The van der Waals surface area contributed by atoms with Crippen LogP contribution in [0.15, 0.2) is 30.9 Å². The van der Waals surface area contributed by atoms with E-state index in [1.54, 1.807) is 12.4 Å². The van der Waals surface area contributed by atoms with Gasteiger partial charge in [-0.25, -0.2) is 14.8 Å². The normalized spacial score (nSPS) is 11.9. The van der Waals surface area contributed by atoms with Crippen LogP contribution in [0.4, 0.5) is 5.69 Å². The van der Waals surface area contributed by atoms with Crippen LogP contribution in [0.2, 0.25) is 5.02 Å². The van der Waals surface area contributed by atoms with Crippen molar-refractivity contribution in [3.05, 3.63) is 52.6 Å². The molecule has 6 N–H and O–H groups in total. The number of H-pyrrole nitrogens is 1. The number of nitrogens with zero attached hydrogens (tertiary/aromatic N) is 2. The SMILES string of the molecule is Nc1c(C(=O)N[C@@H](CCC(=O)O)C(=O)O)ccc(Cl)c1CCc1cnc2[nH]cncc1-2. The van der Waals surface area contributed by atoms with E-state index in [-0.39, 0.29) is 17.7 Å². The van der Waals surface area contributed by atoms with E-state index >= 15 is 0 Å². The number of hydrogen-bond acceptors (Lipinski definition) is 6. The van der Waals surface area contributed by atoms with E-state index in [1.807, 2.05) is 0 Å². The monoisotopic (exact) mass is 445 g/mol. The number of carboxylic acid groups (broad SMARTS) is 2. The van der Waals surface area contributed by atoms with Gasteiger partial charge < -0.3 is 26.2 Å². The zero-order valence-corrected chi connectivity index (χ0v) is 17.0. The van der Waals surface area contributed by atoms with Gasteiger partial charge in [0.1, 0.15) is 11.9 Å². The van der Waals surface area contributed by atoms with Gasteiger partial charge >= 0.3 is 11.9 Å². The zero-order valence-electron chi connectivity index (χ0n) is 16.3. The summed E-state index contributed by atoms with van der Waals surface area (Å²) in [7, 11) is 0. The molecule has 10 nitrogen and oxygen atoms in total. The summed E-state index contributed by atoms with van der Waals surface area (Å²) in [6.07, 6.45) is 5.28. The average Bonchev–Trinajstić information content (AvgIpc) is 3.13. The Bertz CT molecular complexity index is 1100. The number of aromatic amines is 1. The van der Waals surface area contributed by atoms with Crippen molar-refractivity contribution in [1.29, 1.82) is 0 Å². The highest BCUT2D eigenvalue weighted by molar-refractivity contribution is 6.32. The Kier molecular flexibility index (Phi) is 6.71. The summed E-state index contributed by atoms with van der Waals surface area (Å²) in [5.74, 6) is -2.50. The summed E-state index contributed by atoms with van der Waals surface area (Å²) in [5.41, 5.74) is 8.75. The second-order valence-electron chi connectivity index (χ2n) is 6.88. The average molecular weight is 446 g/mol. The minimum absolute atomic E-state index is 0.0708. The van der Waals surface area contributed by atoms with E-state index in [2.05, 4.69) is 20.3 Å². The predicted octanol–water partition coefficient (Wildman–Crippen LogP) is 1.98. The maximum atomic E-state index is 12.6. The number of carbonyl (C=O) groups is 3. The van der Waals surface area contributed by atoms with Crippen LogP contribution in [0.1, 0.15) is 34.3 Å². The van der Waals surface area contributed by atoms with Gasteiger partial charge in [-0.2, -0.15) is 0 Å². The number of nitrogen functional groups attached to an aromatic ring is 1. The van der Waals surface area contributed by atoms with Crippen LogP contribution >= 0.6 is 11.6 Å². The zero-order chi connectivity index (χ0) is 22.5. The Labute approximate surface area is 181 Å². The van der Waals surface area contributed by atoms with Gasteiger partial charge in [0.15, 0.2) is 0 Å². The topological polar surface area (TPSA) is 171 Å². The molecule has 3 rings (SSSR count). The summed E-state index contributed by atoms with van der Waals surface area (Å²) >= 11 is 6.30. The van der Waals surface area contributed by atoms with Crippen LogP contribution in [-0.2, 0) is 22.4 Å². The number of aliphatic carboxylic acids is 2. The van der Waals surface area contributed by atoms with Gasteiger partial charge in [0.2, 0.25) is 0 Å². The fourth-order valence-electron chi connectivity index (χ4n) is 3.21. The number of halogens is 1. The summed E-state index contributed by atoms with van der Waals surface area (Å²) < 4.78 is 0. The summed E-state index contributed by atoms with van der Waals surface area (Å²) in [6, 6.07) is 1.57. The number of nitrogens with one attached hydrogen (secondary N) is 2. The molecule has 0 spiro atoms. The third-order valence-electron chi connectivity index (χ3n) is 4.87. The van der Waals surface area contributed by atoms with Crippen molar-refractivity contribution in [1.82, 2.24) is 20.3 Å². The molecule has 2 heterocycles. The van der Waals surface area contributed by atoms with Crippen LogP contribution in [-0.4, -0.2) is 49.1 Å². The van der Waals surface area contributed by atoms with Crippen LogP contribution < -0.4 is 11.1 Å². The minimum Gasteiger partial charge on any atom is -0.481 e. The molecule has 1 atom stereocenters. The molecule has 11 heteroatoms. The van der Waals surface area contributed by atoms with Crippen LogP contribution in [0.3, 0.4) is 0 Å². The third-order valence-corrected chi connectivity index (χ3v) is 5.22. The lowest BCUT2D eigenvalue weighted by Gasteiger charge is -2.16. The Hall–Kier alpha value is -3.66. The van der Waals surface area contributed by atoms with Gasteiger partial charge in [0, 0.05) is 35.1 Å². The molecule has 1 aromatic rings. The third kappa shape index (κ3) is 5.10. The van der Waals surface area contributed by atoms with Crippen molar-refractivity contribution >= 4 is 35.1 Å². The number of anilines is 1. The second-order valence-corrected chi connectivity index (χ2v) is 7.29. The molecule has 0 fully saturated rings. The quantitative estimate of drug-likeness (QED) is 0.311. The molecule has 0 aliphatic carbocycles. The fraction of sp³-hybridized carbons (Fsp3) is 0.250. The van der Waals surface area contributed by atoms with E-state index in [4.69, 9.17) is 22.4 Å². The smallest absolute Gasteiger partial charge is 0.326 e. The van der Waals surface area contributed by atoms with Crippen molar-refractivity contribution < 1.29 is 24.6 Å². The van der Waals surface area contributed by atoms with E-state index < -0.39 is 30.3 Å². The maximum Gasteiger partial charge on any atom is 0.326 e. The molecule has 162 valence electrons. The summed E-state index contributed by atoms with van der Waals surface area (Å²) in [6.45, 7) is 0. The number of hydrogen-bond donors (Lipinski definition) is 5. The standard InChI is InChI=1S/C20H20ClN5O5/c21-14-4-3-12(19(29)26-15(20(30)31)5-6-16(27)28)17(22)11(14)2-1-10-7-24-18-13(10)8-23-9-25-18/h3-4,7-9,15H,1-2,5-6,22H2,(H,26,29)(H,27,28)(H,30,31)(H,23,24,25)/t15-/m0/s1. The molecular formula is C20H20ClN5O5. The molecule has 2 aliphatic rings. The lowest BCUT2D eigenvalue weighted by Crippen LogP contribution is -2.41. The predicted molar refractivity (Wildman–Crippen MR) is 112 cm³/mol. The number of amides is 1. The second kappa shape index (κ2) is 9.43. The minimum atomic E-state index is -1.35. The molecule has 0 saturated heterocycles. The van der Waals surface area contributed by atoms with Gasteiger partial charge in [-0.1, -0.05) is 11.6 Å². The number of fused-ring (bicyclic) bond motifs is 1. The Balaban J connectivity index is 1.77. The highest BCUT2D eigenvalue weighted by Gasteiger charge is 2.24. The van der Waals surface area contributed by atoms with E-state index in [9.17, 15) is 19.5 Å². The molecule has 0 unspecified atom stereocenters. The van der Waals surface area contributed by atoms with Crippen molar-refractivity contribution in [2.45, 2.75) is 31.7 Å². The van der Waals surface area contributed by atoms with E-state index in [0.29, 0.717) is 29.3 Å². The first-order valence-corrected chi connectivity index (χ1v) is 9.74. The Morgan fingerprint density at radius 2 is 1.97 bits per heavy atom. The molecule has 0 bridgehead atoms. The molecule has 31 heavy (non-hydrogen) atoms. The lowest BCUT2D eigenvalue weighted by molar-refractivity contribution is -0.140. The first-order valence-electron chi connectivity index (χ1n) is 9.36. The highest BCUT2D eigenvalue weighted by atomic mass is 35.5. The summed E-state index contributed by atoms with van der Waals surface area (Å²) in [5, 5.41) is 20.7. The fourth-order valence-corrected chi connectivity index (χ4v) is 3.47. The first-order chi connectivity index (χ1) is 14.8. The number of aromatic nitrogens is 3. The number of carboxylic acids is 2. The molecular weight excluding hydrogens is 426 g/mol. The number of rotatable bonds is 9. The van der Waals surface area contributed by atoms with E-state index in [0.717, 1.165) is 11.1 Å². The van der Waals surface area contributed by atoms with Gasteiger partial charge in [-0.15, -0.1) is 0 Å². The maximum absolute atomic E-state index is 12.6. The molecule has 0 aromatic heterocycles. The number of carbonyl (C=O) groups excluding carboxylic acids is 1. The van der Waals surface area contributed by atoms with Crippen molar-refractivity contribution in [3.8, 4) is 11.4 Å². The van der Waals surface area contributed by atoms with Crippen molar-refractivity contribution in [2.24, 2.45) is 0 Å². The first kappa shape index (κ1) is 22.0.